The van der Waals surface area contributed by atoms with E-state index < -0.39 is 0 Å². The van der Waals surface area contributed by atoms with Crippen molar-refractivity contribution in [3.63, 3.8) is 0 Å². The van der Waals surface area contributed by atoms with Crippen molar-refractivity contribution >= 4 is 34.3 Å². The number of anilines is 1. The van der Waals surface area contributed by atoms with Gasteiger partial charge in [-0.05, 0) is 43.2 Å². The van der Waals surface area contributed by atoms with Gasteiger partial charge in [-0.15, -0.1) is 0 Å². The normalized spacial score (nSPS) is 19.5. The lowest BCUT2D eigenvalue weighted by molar-refractivity contribution is 0.100. The number of carbonyl (C=O) groups excluding carboxylic acids is 2. The van der Waals surface area contributed by atoms with Gasteiger partial charge in [0.05, 0.1) is 11.1 Å². The van der Waals surface area contributed by atoms with Gasteiger partial charge in [-0.1, -0.05) is 23.9 Å². The van der Waals surface area contributed by atoms with Gasteiger partial charge in [0.1, 0.15) is 5.69 Å². The van der Waals surface area contributed by atoms with Crippen LogP contribution in [-0.4, -0.2) is 27.6 Å². The number of hydrogen-bond acceptors (Lipinski definition) is 6. The average Bonchev–Trinajstić information content (AvgIpc) is 2.62. The van der Waals surface area contributed by atoms with Crippen LogP contribution in [0.5, 0.6) is 0 Å². The number of aliphatic imine (C=N–C) groups is 1. The lowest BCUT2D eigenvalue weighted by Crippen LogP contribution is -2.28. The highest BCUT2D eigenvalue weighted by molar-refractivity contribution is 8.13. The lowest BCUT2D eigenvalue weighted by atomic mass is 9.89. The van der Waals surface area contributed by atoms with Gasteiger partial charge < -0.3 is 11.1 Å². The fraction of sp³-hybridized carbons (Fsp3) is 0.263. The van der Waals surface area contributed by atoms with Crippen molar-refractivity contribution in [2.75, 3.05) is 11.1 Å². The number of nitrogens with zero attached hydrogens (tertiary/aromatic N) is 2. The van der Waals surface area contributed by atoms with Crippen molar-refractivity contribution in [3.05, 3.63) is 59.4 Å². The molecule has 0 bridgehead atoms. The van der Waals surface area contributed by atoms with Crippen LogP contribution in [0.4, 0.5) is 5.69 Å². The minimum atomic E-state index is -0.388. The van der Waals surface area contributed by atoms with Gasteiger partial charge in [-0.3, -0.25) is 19.6 Å². The second-order valence-electron chi connectivity index (χ2n) is 6.35. The molecule has 1 aromatic heterocycles. The zero-order valence-corrected chi connectivity index (χ0v) is 15.5. The standard InChI is InChI=1S/C19H20N4O2S/c1-12(24)16-7-6-13(11-21-16)17(25)22-15-5-3-4-14(10-15)19(2)8-9-26-18(20)23-19/h3-7,10-11H,8-9H2,1-2H3,(H2,20,23)(H,22,25). The molecule has 0 fully saturated rings. The third-order valence-corrected chi connectivity index (χ3v) is 5.12. The molecule has 2 aromatic rings. The quantitative estimate of drug-likeness (QED) is 0.808. The summed E-state index contributed by atoms with van der Waals surface area (Å²) in [6.45, 7) is 3.48. The van der Waals surface area contributed by atoms with Gasteiger partial charge in [-0.2, -0.15) is 0 Å². The maximum atomic E-state index is 12.4. The molecule has 1 aliphatic rings. The van der Waals surface area contributed by atoms with Crippen LogP contribution in [0.1, 0.15) is 46.7 Å². The Labute approximate surface area is 156 Å². The second-order valence-corrected chi connectivity index (χ2v) is 7.46. The van der Waals surface area contributed by atoms with Crippen molar-refractivity contribution in [2.24, 2.45) is 10.7 Å². The molecule has 3 rings (SSSR count). The molecule has 6 nitrogen and oxygen atoms in total. The van der Waals surface area contributed by atoms with Gasteiger partial charge in [-0.25, -0.2) is 0 Å². The van der Waals surface area contributed by atoms with Crippen molar-refractivity contribution in [1.82, 2.24) is 4.98 Å². The van der Waals surface area contributed by atoms with Crippen LogP contribution in [0.3, 0.4) is 0 Å². The summed E-state index contributed by atoms with van der Waals surface area (Å²) in [5, 5.41) is 3.45. The Bertz CT molecular complexity index is 879. The molecule has 0 radical (unpaired) electrons. The van der Waals surface area contributed by atoms with Crippen LogP contribution in [0, 0.1) is 0 Å². The molecule has 26 heavy (non-hydrogen) atoms. The number of hydrogen-bond donors (Lipinski definition) is 2. The average molecular weight is 368 g/mol. The number of rotatable bonds is 4. The van der Waals surface area contributed by atoms with Crippen LogP contribution in [-0.2, 0) is 5.54 Å². The van der Waals surface area contributed by atoms with E-state index in [4.69, 9.17) is 5.73 Å². The predicted molar refractivity (Wildman–Crippen MR) is 105 cm³/mol. The van der Waals surface area contributed by atoms with Crippen molar-refractivity contribution in [3.8, 4) is 0 Å². The number of ketones is 1. The van der Waals surface area contributed by atoms with E-state index >= 15 is 0 Å². The van der Waals surface area contributed by atoms with E-state index in [2.05, 4.69) is 15.3 Å². The molecule has 0 spiro atoms. The fourth-order valence-corrected chi connectivity index (χ4v) is 3.74. The van der Waals surface area contributed by atoms with E-state index in [-0.39, 0.29) is 17.2 Å². The van der Waals surface area contributed by atoms with Crippen molar-refractivity contribution < 1.29 is 9.59 Å². The van der Waals surface area contributed by atoms with E-state index in [1.165, 1.54) is 13.1 Å². The second kappa shape index (κ2) is 7.29. The number of amidine groups is 1. The summed E-state index contributed by atoms with van der Waals surface area (Å²) in [4.78, 5) is 32.3. The molecule has 3 N–H and O–H groups in total. The molecule has 1 atom stereocenters. The Balaban J connectivity index is 1.79. The van der Waals surface area contributed by atoms with Gasteiger partial charge in [0, 0.05) is 24.6 Å². The molecule has 134 valence electrons. The van der Waals surface area contributed by atoms with Crippen LogP contribution < -0.4 is 11.1 Å². The Hall–Kier alpha value is -2.67. The van der Waals surface area contributed by atoms with Crippen LogP contribution >= 0.6 is 11.8 Å². The molecule has 1 unspecified atom stereocenters. The minimum Gasteiger partial charge on any atom is -0.379 e. The molecule has 0 aliphatic carbocycles. The first-order valence-corrected chi connectivity index (χ1v) is 9.23. The van der Waals surface area contributed by atoms with E-state index in [1.807, 2.05) is 31.2 Å². The van der Waals surface area contributed by atoms with Crippen LogP contribution in [0.25, 0.3) is 0 Å². The SMILES string of the molecule is CC(=O)c1ccc(C(=O)Nc2cccc(C3(C)CCSC(N)=N3)c2)cn1. The number of carbonyl (C=O) groups is 2. The van der Waals surface area contributed by atoms with E-state index in [0.29, 0.717) is 22.1 Å². The maximum absolute atomic E-state index is 12.4. The van der Waals surface area contributed by atoms with Gasteiger partial charge >= 0.3 is 0 Å². The number of pyridine rings is 1. The van der Waals surface area contributed by atoms with Crippen LogP contribution in [0.15, 0.2) is 47.6 Å². The summed E-state index contributed by atoms with van der Waals surface area (Å²) in [7, 11) is 0. The summed E-state index contributed by atoms with van der Waals surface area (Å²) in [5.74, 6) is 0.497. The molecule has 2 heterocycles. The number of aromatic nitrogens is 1. The first kappa shape index (κ1) is 18.1. The number of amides is 1. The summed E-state index contributed by atoms with van der Waals surface area (Å²) in [6, 6.07) is 10.8. The van der Waals surface area contributed by atoms with Crippen LogP contribution in [0.2, 0.25) is 0 Å². The Morgan fingerprint density at radius 2 is 2.08 bits per heavy atom. The highest BCUT2D eigenvalue weighted by Gasteiger charge is 2.29. The number of benzene rings is 1. The fourth-order valence-electron chi connectivity index (χ4n) is 2.77. The number of thioether (sulfide) groups is 1. The summed E-state index contributed by atoms with van der Waals surface area (Å²) in [6.07, 6.45) is 2.28. The number of nitrogens with two attached hydrogens (primary N) is 1. The van der Waals surface area contributed by atoms with Gasteiger partial charge in [0.15, 0.2) is 11.0 Å². The summed E-state index contributed by atoms with van der Waals surface area (Å²) >= 11 is 1.56. The molecule has 7 heteroatoms. The molecule has 1 aliphatic heterocycles. The largest absolute Gasteiger partial charge is 0.379 e. The van der Waals surface area contributed by atoms with E-state index in [0.717, 1.165) is 17.7 Å². The smallest absolute Gasteiger partial charge is 0.257 e. The predicted octanol–water partition coefficient (Wildman–Crippen LogP) is 3.20. The summed E-state index contributed by atoms with van der Waals surface area (Å²) in [5.41, 5.74) is 7.91. The van der Waals surface area contributed by atoms with Crippen molar-refractivity contribution in [2.45, 2.75) is 25.8 Å². The Kier molecular flexibility index (Phi) is 5.08. The minimum absolute atomic E-state index is 0.136. The monoisotopic (exact) mass is 368 g/mol. The topological polar surface area (TPSA) is 97.4 Å². The van der Waals surface area contributed by atoms with Gasteiger partial charge in [0.25, 0.3) is 5.91 Å². The highest BCUT2D eigenvalue weighted by Crippen LogP contribution is 2.35. The Morgan fingerprint density at radius 3 is 2.73 bits per heavy atom. The molecular formula is C19H20N4O2S. The third-order valence-electron chi connectivity index (χ3n) is 4.32. The summed E-state index contributed by atoms with van der Waals surface area (Å²) < 4.78 is 0. The van der Waals surface area contributed by atoms with Crippen molar-refractivity contribution in [1.29, 1.82) is 0 Å². The molecule has 1 aromatic carbocycles. The molecule has 0 saturated carbocycles. The highest BCUT2D eigenvalue weighted by atomic mass is 32.2. The Morgan fingerprint density at radius 1 is 1.27 bits per heavy atom. The van der Waals surface area contributed by atoms with Gasteiger partial charge in [0.2, 0.25) is 0 Å². The van der Waals surface area contributed by atoms with E-state index in [9.17, 15) is 9.59 Å². The zero-order chi connectivity index (χ0) is 18.7. The maximum Gasteiger partial charge on any atom is 0.257 e. The molecular weight excluding hydrogens is 348 g/mol. The molecule has 0 saturated heterocycles. The first-order valence-electron chi connectivity index (χ1n) is 8.24. The number of Topliss-reactive ketones (excluding diaryl/α,β-unsaturated/α-hetero) is 1. The first-order chi connectivity index (χ1) is 12.4. The molecule has 1 amide bonds. The third kappa shape index (κ3) is 3.94. The lowest BCUT2D eigenvalue weighted by Gasteiger charge is -2.30. The zero-order valence-electron chi connectivity index (χ0n) is 14.7. The van der Waals surface area contributed by atoms with E-state index in [1.54, 1.807) is 23.9 Å². The number of nitrogens with one attached hydrogen (secondary N) is 1.